The van der Waals surface area contributed by atoms with Gasteiger partial charge in [-0.1, -0.05) is 30.3 Å². The molecular weight excluding hydrogens is 471 g/mol. The molecule has 27 heavy (non-hydrogen) atoms. The number of halogens is 1. The number of piperidine rings is 1. The standard InChI is InChI=1S/C20H28N4OS.HI/c1-3-21-20(24-12-10-18(11-13-24)25-4-2)22-14-17-15-26-19(23-17)16-8-6-5-7-9-16;/h5-9,15,18H,3-4,10-14H2,1-2H3,(H,21,22);1H. The molecule has 0 radical (unpaired) electrons. The number of hydrogen-bond acceptors (Lipinski definition) is 4. The van der Waals surface area contributed by atoms with E-state index in [0.29, 0.717) is 12.6 Å². The van der Waals surface area contributed by atoms with E-state index >= 15 is 0 Å². The van der Waals surface area contributed by atoms with E-state index < -0.39 is 0 Å². The van der Waals surface area contributed by atoms with Crippen LogP contribution in [0.3, 0.4) is 0 Å². The van der Waals surface area contributed by atoms with Crippen LogP contribution in [0.25, 0.3) is 10.6 Å². The summed E-state index contributed by atoms with van der Waals surface area (Å²) < 4.78 is 5.75. The summed E-state index contributed by atoms with van der Waals surface area (Å²) >= 11 is 1.68. The molecule has 0 bridgehead atoms. The number of guanidine groups is 1. The Balaban J connectivity index is 0.00000261. The molecule has 0 saturated carbocycles. The van der Waals surface area contributed by atoms with Gasteiger partial charge in [0.05, 0.1) is 18.3 Å². The molecule has 1 fully saturated rings. The number of rotatable bonds is 6. The Morgan fingerprint density at radius 2 is 2.00 bits per heavy atom. The average Bonchev–Trinajstić information content (AvgIpc) is 3.16. The summed E-state index contributed by atoms with van der Waals surface area (Å²) in [6.45, 7) is 8.43. The van der Waals surface area contributed by atoms with Gasteiger partial charge in [0.25, 0.3) is 0 Å². The molecule has 148 valence electrons. The minimum Gasteiger partial charge on any atom is -0.378 e. The summed E-state index contributed by atoms with van der Waals surface area (Å²) in [7, 11) is 0. The number of thiazole rings is 1. The fraction of sp³-hybridized carbons (Fsp3) is 0.500. The van der Waals surface area contributed by atoms with Gasteiger partial charge in [0.1, 0.15) is 5.01 Å². The summed E-state index contributed by atoms with van der Waals surface area (Å²) in [5.41, 5.74) is 2.19. The molecule has 1 aromatic heterocycles. The average molecular weight is 500 g/mol. The molecule has 2 heterocycles. The van der Waals surface area contributed by atoms with Crippen LogP contribution in [0, 0.1) is 0 Å². The van der Waals surface area contributed by atoms with Crippen molar-refractivity contribution in [3.8, 4) is 10.6 Å². The number of aromatic nitrogens is 1. The smallest absolute Gasteiger partial charge is 0.194 e. The van der Waals surface area contributed by atoms with Gasteiger partial charge >= 0.3 is 0 Å². The van der Waals surface area contributed by atoms with Gasteiger partial charge in [0.15, 0.2) is 5.96 Å². The Morgan fingerprint density at radius 3 is 2.67 bits per heavy atom. The number of aliphatic imine (C=N–C) groups is 1. The molecule has 0 aliphatic carbocycles. The van der Waals surface area contributed by atoms with Gasteiger partial charge in [-0.2, -0.15) is 0 Å². The third kappa shape index (κ3) is 6.43. The van der Waals surface area contributed by atoms with E-state index in [-0.39, 0.29) is 24.0 Å². The van der Waals surface area contributed by atoms with Crippen LogP contribution >= 0.6 is 35.3 Å². The number of benzene rings is 1. The highest BCUT2D eigenvalue weighted by molar-refractivity contribution is 14.0. The molecule has 5 nitrogen and oxygen atoms in total. The van der Waals surface area contributed by atoms with Gasteiger partial charge in [0, 0.05) is 37.2 Å². The normalized spacial score (nSPS) is 15.5. The molecule has 1 aliphatic rings. The molecule has 3 rings (SSSR count). The summed E-state index contributed by atoms with van der Waals surface area (Å²) in [5.74, 6) is 0.983. The second-order valence-corrected chi connectivity index (χ2v) is 7.18. The Morgan fingerprint density at radius 1 is 1.26 bits per heavy atom. The number of hydrogen-bond donors (Lipinski definition) is 1. The second kappa shape index (κ2) is 11.6. The van der Waals surface area contributed by atoms with Crippen molar-refractivity contribution in [3.63, 3.8) is 0 Å². The highest BCUT2D eigenvalue weighted by atomic mass is 127. The number of likely N-dealkylation sites (tertiary alicyclic amines) is 1. The number of ether oxygens (including phenoxy) is 1. The van der Waals surface area contributed by atoms with Crippen LogP contribution in [-0.4, -0.2) is 48.2 Å². The Bertz CT molecular complexity index is 699. The van der Waals surface area contributed by atoms with Crippen molar-refractivity contribution in [2.75, 3.05) is 26.2 Å². The Kier molecular flexibility index (Phi) is 9.50. The monoisotopic (exact) mass is 500 g/mol. The first-order chi connectivity index (χ1) is 12.8. The van der Waals surface area contributed by atoms with Crippen molar-refractivity contribution in [1.29, 1.82) is 0 Å². The van der Waals surface area contributed by atoms with Gasteiger partial charge in [-0.05, 0) is 26.7 Å². The summed E-state index contributed by atoms with van der Waals surface area (Å²) in [5, 5.41) is 6.58. The zero-order valence-electron chi connectivity index (χ0n) is 16.1. The van der Waals surface area contributed by atoms with E-state index in [2.05, 4.69) is 41.6 Å². The third-order valence-corrected chi connectivity index (χ3v) is 5.38. The van der Waals surface area contributed by atoms with Crippen molar-refractivity contribution in [2.45, 2.75) is 39.3 Å². The first kappa shape index (κ1) is 22.1. The van der Waals surface area contributed by atoms with E-state index in [0.717, 1.165) is 61.3 Å². The van der Waals surface area contributed by atoms with Crippen molar-refractivity contribution in [3.05, 3.63) is 41.4 Å². The van der Waals surface area contributed by atoms with Crippen LogP contribution in [0.2, 0.25) is 0 Å². The third-order valence-electron chi connectivity index (χ3n) is 4.44. The van der Waals surface area contributed by atoms with Crippen LogP contribution < -0.4 is 5.32 Å². The fourth-order valence-corrected chi connectivity index (χ4v) is 3.96. The van der Waals surface area contributed by atoms with E-state index in [4.69, 9.17) is 14.7 Å². The minimum absolute atomic E-state index is 0. The lowest BCUT2D eigenvalue weighted by atomic mass is 10.1. The molecule has 0 amide bonds. The van der Waals surface area contributed by atoms with E-state index in [9.17, 15) is 0 Å². The predicted octanol–water partition coefficient (Wildman–Crippen LogP) is 4.39. The SMILES string of the molecule is CCNC(=NCc1csc(-c2ccccc2)n1)N1CCC(OCC)CC1.I. The Labute approximate surface area is 183 Å². The lowest BCUT2D eigenvalue weighted by Gasteiger charge is -2.34. The van der Waals surface area contributed by atoms with Crippen molar-refractivity contribution in [1.82, 2.24) is 15.2 Å². The van der Waals surface area contributed by atoms with Gasteiger partial charge < -0.3 is 15.0 Å². The van der Waals surface area contributed by atoms with Crippen LogP contribution in [-0.2, 0) is 11.3 Å². The number of nitrogens with one attached hydrogen (secondary N) is 1. The largest absolute Gasteiger partial charge is 0.378 e. The molecule has 0 spiro atoms. The van der Waals surface area contributed by atoms with Crippen molar-refractivity contribution < 1.29 is 4.74 Å². The first-order valence-corrected chi connectivity index (χ1v) is 10.3. The first-order valence-electron chi connectivity index (χ1n) is 9.44. The summed E-state index contributed by atoms with van der Waals surface area (Å²) in [4.78, 5) is 11.9. The van der Waals surface area contributed by atoms with Gasteiger partial charge in [-0.25, -0.2) is 9.98 Å². The highest BCUT2D eigenvalue weighted by Gasteiger charge is 2.21. The maximum atomic E-state index is 5.75. The fourth-order valence-electron chi connectivity index (χ4n) is 3.14. The van der Waals surface area contributed by atoms with E-state index in [1.807, 2.05) is 18.2 Å². The molecule has 0 atom stereocenters. The summed E-state index contributed by atoms with van der Waals surface area (Å²) in [6, 6.07) is 10.3. The van der Waals surface area contributed by atoms with Gasteiger partial charge in [-0.15, -0.1) is 35.3 Å². The molecular formula is C20H29IN4OS. The maximum Gasteiger partial charge on any atom is 0.194 e. The maximum absolute atomic E-state index is 5.75. The summed E-state index contributed by atoms with van der Waals surface area (Å²) in [6.07, 6.45) is 2.52. The highest BCUT2D eigenvalue weighted by Crippen LogP contribution is 2.23. The lowest BCUT2D eigenvalue weighted by Crippen LogP contribution is -2.47. The molecule has 2 aromatic rings. The molecule has 1 N–H and O–H groups in total. The zero-order chi connectivity index (χ0) is 18.2. The van der Waals surface area contributed by atoms with Crippen molar-refractivity contribution in [2.24, 2.45) is 4.99 Å². The van der Waals surface area contributed by atoms with Gasteiger partial charge in [-0.3, -0.25) is 0 Å². The molecule has 0 unspecified atom stereocenters. The second-order valence-electron chi connectivity index (χ2n) is 6.32. The van der Waals surface area contributed by atoms with E-state index in [1.54, 1.807) is 11.3 Å². The lowest BCUT2D eigenvalue weighted by molar-refractivity contribution is 0.0263. The van der Waals surface area contributed by atoms with Gasteiger partial charge in [0.2, 0.25) is 0 Å². The molecule has 1 aromatic carbocycles. The molecule has 1 saturated heterocycles. The van der Waals surface area contributed by atoms with Crippen LogP contribution in [0.4, 0.5) is 0 Å². The van der Waals surface area contributed by atoms with Crippen molar-refractivity contribution >= 4 is 41.3 Å². The predicted molar refractivity (Wildman–Crippen MR) is 124 cm³/mol. The molecule has 7 heteroatoms. The van der Waals surface area contributed by atoms with Crippen LogP contribution in [0.1, 0.15) is 32.4 Å². The van der Waals surface area contributed by atoms with Crippen LogP contribution in [0.5, 0.6) is 0 Å². The number of nitrogens with zero attached hydrogens (tertiary/aromatic N) is 3. The molecule has 1 aliphatic heterocycles. The Hall–Kier alpha value is -1.19. The zero-order valence-corrected chi connectivity index (χ0v) is 19.2. The van der Waals surface area contributed by atoms with E-state index in [1.165, 1.54) is 0 Å². The van der Waals surface area contributed by atoms with Crippen LogP contribution in [0.15, 0.2) is 40.7 Å². The quantitative estimate of drug-likeness (QED) is 0.363. The topological polar surface area (TPSA) is 49.8 Å². The minimum atomic E-state index is 0.